The third-order valence-corrected chi connectivity index (χ3v) is 7.14. The molecule has 0 saturated carbocycles. The summed E-state index contributed by atoms with van der Waals surface area (Å²) in [5, 5.41) is 9.36. The molecule has 0 spiro atoms. The summed E-state index contributed by atoms with van der Waals surface area (Å²) in [5.41, 5.74) is 10.7. The van der Waals surface area contributed by atoms with E-state index in [0.29, 0.717) is 12.2 Å². The lowest BCUT2D eigenvalue weighted by molar-refractivity contribution is -0.139. The first-order chi connectivity index (χ1) is 18.5. The van der Waals surface area contributed by atoms with Gasteiger partial charge in [-0.2, -0.15) is 0 Å². The third kappa shape index (κ3) is 8.43. The summed E-state index contributed by atoms with van der Waals surface area (Å²) < 4.78 is 5.31. The van der Waals surface area contributed by atoms with Gasteiger partial charge < -0.3 is 9.84 Å². The van der Waals surface area contributed by atoms with Gasteiger partial charge in [0.05, 0.1) is 6.61 Å². The molecule has 0 fully saturated rings. The van der Waals surface area contributed by atoms with Crippen LogP contribution < -0.4 is 0 Å². The normalized spacial score (nSPS) is 10.9. The zero-order valence-electron chi connectivity index (χ0n) is 23.5. The SMILES string of the molecule is C=C(C)C(=O)OCCCc1cc(-c2ccc(-c3ccc(CCCCC)cc3)cc2CC)ccc1CCCO. The summed E-state index contributed by atoms with van der Waals surface area (Å²) in [6.07, 6.45) is 9.05. The molecule has 3 aromatic carbocycles. The molecule has 0 aliphatic rings. The van der Waals surface area contributed by atoms with Crippen LogP contribution in [0.15, 0.2) is 72.8 Å². The molecule has 0 saturated heterocycles. The van der Waals surface area contributed by atoms with Crippen LogP contribution in [-0.4, -0.2) is 24.3 Å². The second kappa shape index (κ2) is 15.3. The van der Waals surface area contributed by atoms with Gasteiger partial charge in [0, 0.05) is 12.2 Å². The van der Waals surface area contributed by atoms with Crippen molar-refractivity contribution >= 4 is 5.97 Å². The van der Waals surface area contributed by atoms with E-state index in [4.69, 9.17) is 4.74 Å². The van der Waals surface area contributed by atoms with Crippen molar-refractivity contribution in [2.24, 2.45) is 0 Å². The van der Waals surface area contributed by atoms with Crippen molar-refractivity contribution in [3.63, 3.8) is 0 Å². The van der Waals surface area contributed by atoms with Gasteiger partial charge in [0.1, 0.15) is 0 Å². The maximum Gasteiger partial charge on any atom is 0.333 e. The first kappa shape index (κ1) is 29.4. The standard InChI is InChI=1S/C35H44O3/c1-5-7-8-11-27-14-16-30(17-15-27)32-20-21-34(28(6-2)24-32)33-19-18-29(12-9-22-36)31(25-33)13-10-23-38-35(37)26(3)4/h14-21,24-25,36H,3,5-13,22-23H2,1-2,4H3. The number of esters is 1. The summed E-state index contributed by atoms with van der Waals surface area (Å²) in [4.78, 5) is 11.7. The van der Waals surface area contributed by atoms with E-state index in [1.807, 2.05) is 0 Å². The van der Waals surface area contributed by atoms with Gasteiger partial charge in [0.2, 0.25) is 0 Å². The van der Waals surface area contributed by atoms with Crippen molar-refractivity contribution in [2.75, 3.05) is 13.2 Å². The lowest BCUT2D eigenvalue weighted by Gasteiger charge is -2.15. The first-order valence-corrected chi connectivity index (χ1v) is 14.2. The predicted molar refractivity (Wildman–Crippen MR) is 159 cm³/mol. The van der Waals surface area contributed by atoms with Crippen LogP contribution in [0.1, 0.15) is 75.1 Å². The largest absolute Gasteiger partial charge is 0.462 e. The minimum atomic E-state index is -0.335. The molecule has 0 unspecified atom stereocenters. The van der Waals surface area contributed by atoms with Gasteiger partial charge in [-0.1, -0.05) is 93.9 Å². The number of rotatable bonds is 15. The van der Waals surface area contributed by atoms with Crippen LogP contribution in [0.25, 0.3) is 22.3 Å². The average molecular weight is 513 g/mol. The summed E-state index contributed by atoms with van der Waals surface area (Å²) >= 11 is 0. The molecule has 3 nitrogen and oxygen atoms in total. The zero-order valence-corrected chi connectivity index (χ0v) is 23.5. The van der Waals surface area contributed by atoms with Crippen molar-refractivity contribution in [3.05, 3.63) is 95.1 Å². The van der Waals surface area contributed by atoms with Crippen LogP contribution in [0.5, 0.6) is 0 Å². The summed E-state index contributed by atoms with van der Waals surface area (Å²) in [7, 11) is 0. The highest BCUT2D eigenvalue weighted by Crippen LogP contribution is 2.31. The predicted octanol–water partition coefficient (Wildman–Crippen LogP) is 8.29. The van der Waals surface area contributed by atoms with Gasteiger partial charge in [-0.05, 0) is 96.4 Å². The van der Waals surface area contributed by atoms with Gasteiger partial charge in [-0.25, -0.2) is 4.79 Å². The molecule has 1 N–H and O–H groups in total. The van der Waals surface area contributed by atoms with Crippen LogP contribution in [0.2, 0.25) is 0 Å². The highest BCUT2D eigenvalue weighted by Gasteiger charge is 2.11. The molecule has 3 aromatic rings. The Labute approximate surface area is 229 Å². The molecule has 202 valence electrons. The topological polar surface area (TPSA) is 46.5 Å². The fourth-order valence-corrected chi connectivity index (χ4v) is 4.88. The molecule has 0 aliphatic carbocycles. The number of carbonyl (C=O) groups is 1. The smallest absolute Gasteiger partial charge is 0.333 e. The van der Waals surface area contributed by atoms with Crippen LogP contribution in [0, 0.1) is 0 Å². The number of ether oxygens (including phenoxy) is 1. The molecule has 3 heteroatoms. The minimum Gasteiger partial charge on any atom is -0.462 e. The maximum absolute atomic E-state index is 11.7. The van der Waals surface area contributed by atoms with Crippen molar-refractivity contribution in [1.82, 2.24) is 0 Å². The fraction of sp³-hybridized carbons (Fsp3) is 0.400. The van der Waals surface area contributed by atoms with E-state index in [0.717, 1.165) is 38.5 Å². The van der Waals surface area contributed by atoms with Crippen molar-refractivity contribution in [2.45, 2.75) is 78.6 Å². The Hall–Kier alpha value is -3.17. The van der Waals surface area contributed by atoms with Gasteiger partial charge in [0.25, 0.3) is 0 Å². The Morgan fingerprint density at radius 3 is 2.13 bits per heavy atom. The molecule has 0 amide bonds. The van der Waals surface area contributed by atoms with Crippen molar-refractivity contribution in [3.8, 4) is 22.3 Å². The highest BCUT2D eigenvalue weighted by molar-refractivity contribution is 5.86. The van der Waals surface area contributed by atoms with Crippen LogP contribution in [0.3, 0.4) is 0 Å². The van der Waals surface area contributed by atoms with E-state index < -0.39 is 0 Å². The van der Waals surface area contributed by atoms with Crippen LogP contribution in [-0.2, 0) is 35.2 Å². The molecule has 0 radical (unpaired) electrons. The molecule has 0 bridgehead atoms. The number of aryl methyl sites for hydroxylation is 4. The maximum atomic E-state index is 11.7. The van der Waals surface area contributed by atoms with E-state index in [1.165, 1.54) is 63.8 Å². The number of carbonyl (C=O) groups excluding carboxylic acids is 1. The van der Waals surface area contributed by atoms with Crippen molar-refractivity contribution in [1.29, 1.82) is 0 Å². The Kier molecular flexibility index (Phi) is 11.8. The highest BCUT2D eigenvalue weighted by atomic mass is 16.5. The van der Waals surface area contributed by atoms with Gasteiger partial charge in [-0.15, -0.1) is 0 Å². The zero-order chi connectivity index (χ0) is 27.3. The molecule has 0 heterocycles. The van der Waals surface area contributed by atoms with E-state index in [1.54, 1.807) is 6.92 Å². The number of unbranched alkanes of at least 4 members (excludes halogenated alkanes) is 2. The molecular formula is C35H44O3. The number of benzene rings is 3. The van der Waals surface area contributed by atoms with Crippen LogP contribution in [0.4, 0.5) is 0 Å². The Balaban J connectivity index is 1.80. The Bertz CT molecular complexity index is 1190. The minimum absolute atomic E-state index is 0.179. The summed E-state index contributed by atoms with van der Waals surface area (Å²) in [6.45, 7) is 10.3. The number of hydrogen-bond acceptors (Lipinski definition) is 3. The number of aliphatic hydroxyl groups is 1. The Morgan fingerprint density at radius 1 is 0.763 bits per heavy atom. The van der Waals surface area contributed by atoms with Gasteiger partial charge in [0.15, 0.2) is 0 Å². The number of aliphatic hydroxyl groups excluding tert-OH is 1. The van der Waals surface area contributed by atoms with E-state index >= 15 is 0 Å². The lowest BCUT2D eigenvalue weighted by atomic mass is 9.90. The van der Waals surface area contributed by atoms with Gasteiger partial charge in [-0.3, -0.25) is 0 Å². The molecule has 0 atom stereocenters. The fourth-order valence-electron chi connectivity index (χ4n) is 4.88. The molecular weight excluding hydrogens is 468 g/mol. The Morgan fingerprint density at radius 2 is 1.45 bits per heavy atom. The van der Waals surface area contributed by atoms with E-state index in [2.05, 4.69) is 81.1 Å². The second-order valence-corrected chi connectivity index (χ2v) is 10.2. The summed E-state index contributed by atoms with van der Waals surface area (Å²) in [5.74, 6) is -0.335. The van der Waals surface area contributed by atoms with Gasteiger partial charge >= 0.3 is 5.97 Å². The molecule has 3 rings (SSSR count). The molecule has 0 aromatic heterocycles. The monoisotopic (exact) mass is 512 g/mol. The summed E-state index contributed by atoms with van der Waals surface area (Å²) in [6, 6.07) is 22.6. The second-order valence-electron chi connectivity index (χ2n) is 10.2. The third-order valence-electron chi connectivity index (χ3n) is 7.14. The molecule has 0 aliphatic heterocycles. The lowest BCUT2D eigenvalue weighted by Crippen LogP contribution is -2.07. The van der Waals surface area contributed by atoms with E-state index in [9.17, 15) is 9.90 Å². The quantitative estimate of drug-likeness (QED) is 0.127. The molecule has 38 heavy (non-hydrogen) atoms. The average Bonchev–Trinajstić information content (AvgIpc) is 2.94. The van der Waals surface area contributed by atoms with Crippen molar-refractivity contribution < 1.29 is 14.6 Å². The van der Waals surface area contributed by atoms with Crippen LogP contribution >= 0.6 is 0 Å². The number of hydrogen-bond donors (Lipinski definition) is 1. The first-order valence-electron chi connectivity index (χ1n) is 14.2. The van der Waals surface area contributed by atoms with E-state index in [-0.39, 0.29) is 12.6 Å².